The van der Waals surface area contributed by atoms with E-state index in [1.807, 2.05) is 24.5 Å². The Kier molecular flexibility index (Phi) is 5.88. The van der Waals surface area contributed by atoms with Crippen LogP contribution in [0.1, 0.15) is 30.0 Å². The van der Waals surface area contributed by atoms with Crippen LogP contribution in [-0.2, 0) is 0 Å². The molecule has 3 aromatic rings. The van der Waals surface area contributed by atoms with E-state index in [4.69, 9.17) is 4.74 Å². The topological polar surface area (TPSA) is 45.6 Å². The fourth-order valence-corrected chi connectivity index (χ4v) is 4.05. The van der Waals surface area contributed by atoms with Crippen molar-refractivity contribution >= 4 is 0 Å². The molecule has 1 aliphatic rings. The molecule has 0 unspecified atom stereocenters. The van der Waals surface area contributed by atoms with E-state index in [1.165, 1.54) is 23.3 Å². The van der Waals surface area contributed by atoms with Crippen LogP contribution in [-0.4, -0.2) is 41.3 Å². The van der Waals surface area contributed by atoms with E-state index in [0.717, 1.165) is 37.1 Å². The highest BCUT2D eigenvalue weighted by Gasteiger charge is 2.26. The van der Waals surface area contributed by atoms with E-state index >= 15 is 0 Å². The molecule has 1 fully saturated rings. The van der Waals surface area contributed by atoms with E-state index in [2.05, 4.69) is 34.1 Å². The number of nitrogens with zero attached hydrogens (tertiary/aromatic N) is 2. The highest BCUT2D eigenvalue weighted by Crippen LogP contribution is 2.34. The number of methoxy groups -OCH3 is 1. The average Bonchev–Trinajstić information content (AvgIpc) is 2.76. The number of aromatic nitrogens is 1. The number of aliphatic hydroxyl groups is 1. The lowest BCUT2D eigenvalue weighted by Gasteiger charge is -2.36. The highest BCUT2D eigenvalue weighted by atomic mass is 19.1. The zero-order valence-electron chi connectivity index (χ0n) is 16.5. The maximum Gasteiger partial charge on any atom is 0.129 e. The number of rotatable bonds is 5. The van der Waals surface area contributed by atoms with Crippen LogP contribution in [0.3, 0.4) is 0 Å². The lowest BCUT2D eigenvalue weighted by Crippen LogP contribution is -2.39. The molecule has 0 saturated carbocycles. The van der Waals surface area contributed by atoms with Crippen molar-refractivity contribution in [1.82, 2.24) is 9.88 Å². The van der Waals surface area contributed by atoms with Crippen LogP contribution >= 0.6 is 0 Å². The first-order valence-electron chi connectivity index (χ1n) is 9.91. The van der Waals surface area contributed by atoms with Crippen LogP contribution in [0.15, 0.2) is 67.0 Å². The molecule has 0 aliphatic carbocycles. The molecule has 0 spiro atoms. The molecule has 4 nitrogen and oxygen atoms in total. The van der Waals surface area contributed by atoms with Gasteiger partial charge >= 0.3 is 0 Å². The second-order valence-electron chi connectivity index (χ2n) is 7.42. The minimum absolute atomic E-state index is 0.106. The Balaban J connectivity index is 1.67. The highest BCUT2D eigenvalue weighted by molar-refractivity contribution is 5.70. The Morgan fingerprint density at radius 1 is 1.00 bits per heavy atom. The first-order chi connectivity index (χ1) is 14.2. The maximum atomic E-state index is 13.5. The van der Waals surface area contributed by atoms with Gasteiger partial charge < -0.3 is 9.84 Å². The first-order valence-corrected chi connectivity index (χ1v) is 9.91. The molecule has 2 aromatic carbocycles. The summed E-state index contributed by atoms with van der Waals surface area (Å²) in [6.45, 7) is 1.70. The molecule has 0 amide bonds. The summed E-state index contributed by atoms with van der Waals surface area (Å²) in [5.74, 6) is 0.209. The van der Waals surface area contributed by atoms with E-state index in [-0.39, 0.29) is 18.0 Å². The third-order valence-electron chi connectivity index (χ3n) is 5.59. The van der Waals surface area contributed by atoms with E-state index in [1.54, 1.807) is 13.2 Å². The summed E-state index contributed by atoms with van der Waals surface area (Å²) >= 11 is 0. The van der Waals surface area contributed by atoms with Gasteiger partial charge in [0.2, 0.25) is 0 Å². The minimum atomic E-state index is -0.313. The molecule has 1 atom stereocenters. The van der Waals surface area contributed by atoms with Crippen molar-refractivity contribution in [1.29, 1.82) is 0 Å². The molecular weight excluding hydrogens is 367 g/mol. The standard InChI is InChI=1S/C24H25FN2O2/c1-29-23-16-20(25)6-7-22(23)17-2-4-18(5-3-17)24(19-8-12-26-13-9-19)27-14-10-21(28)11-15-27/h2-9,12-13,16,21,24,28H,10-11,14-15H2,1H3/t24-/m1/s1. The molecule has 29 heavy (non-hydrogen) atoms. The molecular formula is C24H25FN2O2. The van der Waals surface area contributed by atoms with Gasteiger partial charge in [-0.25, -0.2) is 4.39 Å². The van der Waals surface area contributed by atoms with E-state index in [0.29, 0.717) is 5.75 Å². The van der Waals surface area contributed by atoms with Crippen LogP contribution in [0.4, 0.5) is 4.39 Å². The molecule has 150 valence electrons. The number of ether oxygens (including phenoxy) is 1. The quantitative estimate of drug-likeness (QED) is 0.697. The summed E-state index contributed by atoms with van der Waals surface area (Å²) < 4.78 is 18.9. The fourth-order valence-electron chi connectivity index (χ4n) is 4.05. The predicted molar refractivity (Wildman–Crippen MR) is 111 cm³/mol. The summed E-state index contributed by atoms with van der Waals surface area (Å²) in [5, 5.41) is 9.91. The average molecular weight is 392 g/mol. The van der Waals surface area contributed by atoms with Gasteiger partial charge in [-0.15, -0.1) is 0 Å². The van der Waals surface area contributed by atoms with Gasteiger partial charge in [0.1, 0.15) is 11.6 Å². The van der Waals surface area contributed by atoms with Crippen LogP contribution in [0.2, 0.25) is 0 Å². The van der Waals surface area contributed by atoms with Crippen molar-refractivity contribution in [2.45, 2.75) is 25.0 Å². The molecule has 1 aromatic heterocycles. The lowest BCUT2D eigenvalue weighted by atomic mass is 9.93. The number of aliphatic hydroxyl groups excluding tert-OH is 1. The van der Waals surface area contributed by atoms with Gasteiger partial charge in [-0.05, 0) is 53.8 Å². The van der Waals surface area contributed by atoms with Crippen LogP contribution in [0, 0.1) is 5.82 Å². The van der Waals surface area contributed by atoms with Crippen LogP contribution < -0.4 is 4.74 Å². The van der Waals surface area contributed by atoms with Gasteiger partial charge in [-0.2, -0.15) is 0 Å². The SMILES string of the molecule is COc1cc(F)ccc1-c1ccc([C@H](c2ccncc2)N2CCC(O)CC2)cc1. The number of halogens is 1. The lowest BCUT2D eigenvalue weighted by molar-refractivity contribution is 0.0688. The Hall–Kier alpha value is -2.76. The van der Waals surface area contributed by atoms with Crippen LogP contribution in [0.5, 0.6) is 5.75 Å². The molecule has 0 radical (unpaired) electrons. The number of pyridine rings is 1. The second-order valence-corrected chi connectivity index (χ2v) is 7.42. The zero-order valence-corrected chi connectivity index (χ0v) is 16.5. The Morgan fingerprint density at radius 2 is 1.66 bits per heavy atom. The number of piperidine rings is 1. The van der Waals surface area contributed by atoms with E-state index < -0.39 is 0 Å². The number of benzene rings is 2. The van der Waals surface area contributed by atoms with Gasteiger partial charge in [-0.3, -0.25) is 9.88 Å². The van der Waals surface area contributed by atoms with E-state index in [9.17, 15) is 9.50 Å². The van der Waals surface area contributed by atoms with Crippen molar-refractivity contribution in [3.05, 3.63) is 83.9 Å². The third kappa shape index (κ3) is 4.31. The number of likely N-dealkylation sites (tertiary alicyclic amines) is 1. The summed E-state index contributed by atoms with van der Waals surface area (Å²) in [6, 6.07) is 17.1. The zero-order chi connectivity index (χ0) is 20.2. The molecule has 1 N–H and O–H groups in total. The molecule has 4 rings (SSSR count). The Bertz CT molecular complexity index is 939. The van der Waals surface area contributed by atoms with Crippen molar-refractivity contribution in [3.63, 3.8) is 0 Å². The van der Waals surface area contributed by atoms with Crippen molar-refractivity contribution < 1.29 is 14.2 Å². The molecule has 1 aliphatic heterocycles. The Labute approximate surface area is 170 Å². The van der Waals surface area contributed by atoms with Crippen molar-refractivity contribution in [3.8, 4) is 16.9 Å². The molecule has 1 saturated heterocycles. The van der Waals surface area contributed by atoms with Gasteiger partial charge in [0.05, 0.1) is 19.3 Å². The van der Waals surface area contributed by atoms with Crippen molar-refractivity contribution in [2.24, 2.45) is 0 Å². The maximum absolute atomic E-state index is 13.5. The van der Waals surface area contributed by atoms with Crippen molar-refractivity contribution in [2.75, 3.05) is 20.2 Å². The smallest absolute Gasteiger partial charge is 0.129 e. The molecule has 5 heteroatoms. The molecule has 2 heterocycles. The predicted octanol–water partition coefficient (Wildman–Crippen LogP) is 4.44. The third-order valence-corrected chi connectivity index (χ3v) is 5.59. The largest absolute Gasteiger partial charge is 0.496 e. The monoisotopic (exact) mass is 392 g/mol. The van der Waals surface area contributed by atoms with Crippen LogP contribution in [0.25, 0.3) is 11.1 Å². The van der Waals surface area contributed by atoms with Gasteiger partial charge in [0, 0.05) is 37.1 Å². The Morgan fingerprint density at radius 3 is 2.31 bits per heavy atom. The number of hydrogen-bond acceptors (Lipinski definition) is 4. The normalized spacial score (nSPS) is 16.5. The van der Waals surface area contributed by atoms with Gasteiger partial charge in [0.25, 0.3) is 0 Å². The summed E-state index contributed by atoms with van der Waals surface area (Å²) in [4.78, 5) is 6.57. The van der Waals surface area contributed by atoms with Gasteiger partial charge in [0.15, 0.2) is 0 Å². The van der Waals surface area contributed by atoms with Gasteiger partial charge in [-0.1, -0.05) is 24.3 Å². The first kappa shape index (κ1) is 19.6. The molecule has 0 bridgehead atoms. The number of hydrogen-bond donors (Lipinski definition) is 1. The second kappa shape index (κ2) is 8.72. The minimum Gasteiger partial charge on any atom is -0.496 e. The summed E-state index contributed by atoms with van der Waals surface area (Å²) in [6.07, 6.45) is 4.99. The summed E-state index contributed by atoms with van der Waals surface area (Å²) in [5.41, 5.74) is 4.20. The fraction of sp³-hybridized carbons (Fsp3) is 0.292. The summed E-state index contributed by atoms with van der Waals surface area (Å²) in [7, 11) is 1.55.